The fourth-order valence-corrected chi connectivity index (χ4v) is 6.34. The molecule has 0 radical (unpaired) electrons. The smallest absolute Gasteiger partial charge is 0.228 e. The average molecular weight is 479 g/mol. The van der Waals surface area contributed by atoms with E-state index in [1.807, 2.05) is 30.3 Å². The normalized spacial score (nSPS) is 19.7. The van der Waals surface area contributed by atoms with Crippen LogP contribution in [0.1, 0.15) is 47.1 Å². The molecule has 0 saturated heterocycles. The Hall–Kier alpha value is -3.57. The highest BCUT2D eigenvalue weighted by Gasteiger charge is 2.36. The second kappa shape index (κ2) is 7.22. The van der Waals surface area contributed by atoms with Gasteiger partial charge < -0.3 is 9.64 Å². The molecule has 0 fully saturated rings. The molecule has 1 atom stereocenters. The number of benzene rings is 3. The Morgan fingerprint density at radius 1 is 0.971 bits per heavy atom. The molecule has 8 rings (SSSR count). The van der Waals surface area contributed by atoms with E-state index < -0.39 is 0 Å². The van der Waals surface area contributed by atoms with Crippen molar-refractivity contribution >= 4 is 45.9 Å². The molecule has 4 aromatic rings. The van der Waals surface area contributed by atoms with Crippen molar-refractivity contribution in [2.45, 2.75) is 31.8 Å². The summed E-state index contributed by atoms with van der Waals surface area (Å²) >= 11 is 6.21. The van der Waals surface area contributed by atoms with Crippen LogP contribution < -0.4 is 9.64 Å². The summed E-state index contributed by atoms with van der Waals surface area (Å²) in [6.45, 7) is 2.28. The number of aromatic nitrogens is 2. The fraction of sp³-hybridized carbons (Fsp3) is 0.241. The maximum atomic E-state index is 6.71. The summed E-state index contributed by atoms with van der Waals surface area (Å²) in [6, 6.07) is 18.5. The van der Waals surface area contributed by atoms with Crippen LogP contribution in [0.25, 0.3) is 22.7 Å². The lowest BCUT2D eigenvalue weighted by molar-refractivity contribution is 0.504. The summed E-state index contributed by atoms with van der Waals surface area (Å²) in [4.78, 5) is 12.8. The minimum absolute atomic E-state index is 0.270. The van der Waals surface area contributed by atoms with E-state index in [0.29, 0.717) is 10.9 Å². The third-order valence-electron chi connectivity index (χ3n) is 7.72. The van der Waals surface area contributed by atoms with Gasteiger partial charge in [0.1, 0.15) is 11.6 Å². The van der Waals surface area contributed by atoms with Crippen molar-refractivity contribution in [3.05, 3.63) is 87.7 Å². The minimum Gasteiger partial charge on any atom is -0.438 e. The number of aryl methyl sites for hydroxylation is 1. The third-order valence-corrected chi connectivity index (χ3v) is 7.97. The number of aliphatic imine (C=N–C) groups is 1. The Morgan fingerprint density at radius 2 is 1.80 bits per heavy atom. The van der Waals surface area contributed by atoms with Crippen molar-refractivity contribution in [3.8, 4) is 5.75 Å². The molecule has 0 N–H and O–H groups in total. The largest absolute Gasteiger partial charge is 0.438 e. The van der Waals surface area contributed by atoms with Crippen LogP contribution in [-0.4, -0.2) is 28.5 Å². The summed E-state index contributed by atoms with van der Waals surface area (Å²) in [6.07, 6.45) is 6.55. The van der Waals surface area contributed by atoms with Crippen LogP contribution >= 0.6 is 11.6 Å². The lowest BCUT2D eigenvalue weighted by Gasteiger charge is -2.39. The van der Waals surface area contributed by atoms with E-state index in [1.54, 1.807) is 0 Å². The van der Waals surface area contributed by atoms with E-state index >= 15 is 0 Å². The number of hydrogen-bond acceptors (Lipinski definition) is 4. The topological polar surface area (TPSA) is 42.6 Å². The highest BCUT2D eigenvalue weighted by molar-refractivity contribution is 6.30. The molecule has 0 aliphatic carbocycles. The van der Waals surface area contributed by atoms with E-state index in [0.717, 1.165) is 65.2 Å². The van der Waals surface area contributed by atoms with Crippen LogP contribution in [-0.2, 0) is 12.8 Å². The Labute approximate surface area is 208 Å². The van der Waals surface area contributed by atoms with E-state index in [1.165, 1.54) is 29.7 Å². The summed E-state index contributed by atoms with van der Waals surface area (Å²) < 4.78 is 8.94. The minimum atomic E-state index is -0.270. The van der Waals surface area contributed by atoms with Crippen LogP contribution in [0.3, 0.4) is 0 Å². The zero-order valence-corrected chi connectivity index (χ0v) is 19.9. The first-order valence-corrected chi connectivity index (χ1v) is 12.8. The first-order chi connectivity index (χ1) is 17.2. The van der Waals surface area contributed by atoms with E-state index in [9.17, 15) is 0 Å². The molecule has 5 heterocycles. The quantitative estimate of drug-likeness (QED) is 0.323. The van der Waals surface area contributed by atoms with Gasteiger partial charge in [0.05, 0.1) is 16.6 Å². The number of nitrogens with zero attached hydrogens (tertiary/aromatic N) is 4. The molecule has 172 valence electrons. The summed E-state index contributed by atoms with van der Waals surface area (Å²) in [5.41, 5.74) is 9.40. The molecule has 4 aliphatic heterocycles. The number of halogens is 1. The Balaban J connectivity index is 1.38. The van der Waals surface area contributed by atoms with Gasteiger partial charge in [-0.2, -0.15) is 0 Å². The predicted molar refractivity (Wildman–Crippen MR) is 141 cm³/mol. The predicted octanol–water partition coefficient (Wildman–Crippen LogP) is 6.28. The third kappa shape index (κ3) is 2.82. The van der Waals surface area contributed by atoms with Crippen LogP contribution in [0.4, 0.5) is 5.69 Å². The molecule has 5 nitrogen and oxygen atoms in total. The SMILES string of the molecule is Clc1ccc(C2N=C3Oc4c(cc5c6c4CCCN6CCC5)C=C3c3nc4ccccc4n32)cc1. The van der Waals surface area contributed by atoms with Gasteiger partial charge in [-0.3, -0.25) is 4.57 Å². The maximum Gasteiger partial charge on any atom is 0.228 e. The molecule has 0 amide bonds. The average Bonchev–Trinajstić information content (AvgIpc) is 3.28. The summed E-state index contributed by atoms with van der Waals surface area (Å²) in [7, 11) is 0. The van der Waals surface area contributed by atoms with Gasteiger partial charge in [0, 0.05) is 34.9 Å². The Kier molecular flexibility index (Phi) is 4.06. The maximum absolute atomic E-state index is 6.71. The molecule has 35 heavy (non-hydrogen) atoms. The van der Waals surface area contributed by atoms with E-state index in [4.69, 9.17) is 26.3 Å². The Morgan fingerprint density at radius 3 is 2.69 bits per heavy atom. The number of fused-ring (bicyclic) bond motifs is 7. The van der Waals surface area contributed by atoms with Gasteiger partial charge in [-0.25, -0.2) is 9.98 Å². The molecule has 0 spiro atoms. The number of imidazole rings is 1. The summed E-state index contributed by atoms with van der Waals surface area (Å²) in [5.74, 6) is 2.54. The lowest BCUT2D eigenvalue weighted by atomic mass is 9.87. The number of anilines is 1. The molecule has 0 saturated carbocycles. The van der Waals surface area contributed by atoms with Crippen molar-refractivity contribution in [2.24, 2.45) is 4.99 Å². The first-order valence-electron chi connectivity index (χ1n) is 12.4. The first kappa shape index (κ1) is 19.7. The molecule has 1 unspecified atom stereocenters. The van der Waals surface area contributed by atoms with Crippen LogP contribution in [0.15, 0.2) is 59.6 Å². The monoisotopic (exact) mass is 478 g/mol. The molecule has 3 aromatic carbocycles. The van der Waals surface area contributed by atoms with Gasteiger partial charge in [-0.1, -0.05) is 35.9 Å². The van der Waals surface area contributed by atoms with Crippen molar-refractivity contribution < 1.29 is 4.74 Å². The molecule has 4 aliphatic rings. The van der Waals surface area contributed by atoms with Crippen molar-refractivity contribution in [3.63, 3.8) is 0 Å². The number of hydrogen-bond donors (Lipinski definition) is 0. The molecular formula is C29H23ClN4O. The van der Waals surface area contributed by atoms with Crippen molar-refractivity contribution in [1.29, 1.82) is 0 Å². The highest BCUT2D eigenvalue weighted by atomic mass is 35.5. The second-order valence-corrected chi connectivity index (χ2v) is 10.2. The van der Waals surface area contributed by atoms with Gasteiger partial charge in [-0.15, -0.1) is 0 Å². The highest BCUT2D eigenvalue weighted by Crippen LogP contribution is 2.47. The number of para-hydroxylation sites is 2. The van der Waals surface area contributed by atoms with E-state index in [2.05, 4.69) is 39.8 Å². The zero-order valence-electron chi connectivity index (χ0n) is 19.2. The lowest BCUT2D eigenvalue weighted by Crippen LogP contribution is -2.35. The van der Waals surface area contributed by atoms with Gasteiger partial charge in [0.15, 0.2) is 6.17 Å². The van der Waals surface area contributed by atoms with Crippen LogP contribution in [0, 0.1) is 0 Å². The molecular weight excluding hydrogens is 456 g/mol. The standard InChI is InChI=1S/C29H23ClN4O/c30-20-11-9-17(10-12-20)27-32-29-22(28-31-23-7-1-2-8-24(23)34(27)28)16-19-15-18-5-3-13-33-14-4-6-21(25(18)33)26(19)35-29/h1-2,7-12,15-16,27H,3-6,13-14H2. The van der Waals surface area contributed by atoms with Crippen LogP contribution in [0.2, 0.25) is 5.02 Å². The Bertz CT molecular complexity index is 1600. The molecule has 6 heteroatoms. The van der Waals surface area contributed by atoms with Gasteiger partial charge in [0.25, 0.3) is 0 Å². The van der Waals surface area contributed by atoms with Crippen LogP contribution in [0.5, 0.6) is 5.75 Å². The molecule has 0 bridgehead atoms. The fourth-order valence-electron chi connectivity index (χ4n) is 6.22. The number of rotatable bonds is 1. The summed E-state index contributed by atoms with van der Waals surface area (Å²) in [5, 5.41) is 0.713. The number of ether oxygens (including phenoxy) is 1. The van der Waals surface area contributed by atoms with Gasteiger partial charge in [-0.05, 0) is 73.2 Å². The zero-order chi connectivity index (χ0) is 23.1. The van der Waals surface area contributed by atoms with Crippen molar-refractivity contribution in [1.82, 2.24) is 9.55 Å². The van der Waals surface area contributed by atoms with Crippen molar-refractivity contribution in [2.75, 3.05) is 18.0 Å². The van der Waals surface area contributed by atoms with Gasteiger partial charge >= 0.3 is 0 Å². The second-order valence-electron chi connectivity index (χ2n) is 9.79. The van der Waals surface area contributed by atoms with Gasteiger partial charge in [0.2, 0.25) is 5.90 Å². The van der Waals surface area contributed by atoms with E-state index in [-0.39, 0.29) is 6.17 Å². The molecule has 1 aromatic heterocycles.